The summed E-state index contributed by atoms with van der Waals surface area (Å²) < 4.78 is 10.1. The van der Waals surface area contributed by atoms with E-state index >= 15 is 0 Å². The van der Waals surface area contributed by atoms with Gasteiger partial charge in [-0.05, 0) is 23.8 Å². The van der Waals surface area contributed by atoms with E-state index in [4.69, 9.17) is 9.15 Å². The lowest BCUT2D eigenvalue weighted by atomic mass is 10.1. The van der Waals surface area contributed by atoms with Gasteiger partial charge in [0.1, 0.15) is 5.75 Å². The molecule has 0 saturated heterocycles. The van der Waals surface area contributed by atoms with Crippen molar-refractivity contribution in [1.82, 2.24) is 0 Å². The molecule has 3 heteroatoms. The summed E-state index contributed by atoms with van der Waals surface area (Å²) in [6.07, 6.45) is 2.25. The minimum atomic E-state index is 0.334. The minimum absolute atomic E-state index is 0.334. The normalized spacial score (nSPS) is 9.93. The van der Waals surface area contributed by atoms with Gasteiger partial charge >= 0.3 is 0 Å². The standard InChI is InChI=1S/C12H10O3/c1-14-11-4-2-9(3-5-11)10-6-12(7-13)15-8-10/h2-8H,1H3. The number of carbonyl (C=O) groups is 1. The molecule has 0 aliphatic rings. The fourth-order valence-corrected chi connectivity index (χ4v) is 1.35. The highest BCUT2D eigenvalue weighted by molar-refractivity contribution is 5.75. The predicted octanol–water partition coefficient (Wildman–Crippen LogP) is 2.77. The van der Waals surface area contributed by atoms with Crippen LogP contribution >= 0.6 is 0 Å². The Morgan fingerprint density at radius 2 is 1.93 bits per heavy atom. The highest BCUT2D eigenvalue weighted by atomic mass is 16.5. The van der Waals surface area contributed by atoms with Crippen LogP contribution in [0.1, 0.15) is 10.6 Å². The van der Waals surface area contributed by atoms with Crippen molar-refractivity contribution < 1.29 is 13.9 Å². The largest absolute Gasteiger partial charge is 0.497 e. The van der Waals surface area contributed by atoms with Crippen LogP contribution in [0.4, 0.5) is 0 Å². The molecule has 15 heavy (non-hydrogen) atoms. The van der Waals surface area contributed by atoms with E-state index in [-0.39, 0.29) is 0 Å². The summed E-state index contributed by atoms with van der Waals surface area (Å²) in [6, 6.07) is 9.26. The van der Waals surface area contributed by atoms with Crippen molar-refractivity contribution in [2.24, 2.45) is 0 Å². The van der Waals surface area contributed by atoms with Crippen LogP contribution in [-0.4, -0.2) is 13.4 Å². The summed E-state index contributed by atoms with van der Waals surface area (Å²) in [7, 11) is 1.62. The molecule has 0 saturated carbocycles. The van der Waals surface area contributed by atoms with E-state index in [1.54, 1.807) is 19.4 Å². The average molecular weight is 202 g/mol. The Balaban J connectivity index is 2.32. The molecule has 3 nitrogen and oxygen atoms in total. The first-order valence-electron chi connectivity index (χ1n) is 4.51. The van der Waals surface area contributed by atoms with Crippen molar-refractivity contribution in [1.29, 1.82) is 0 Å². The van der Waals surface area contributed by atoms with Gasteiger partial charge in [-0.15, -0.1) is 0 Å². The number of rotatable bonds is 3. The van der Waals surface area contributed by atoms with Gasteiger partial charge in [0.2, 0.25) is 0 Å². The molecule has 2 aromatic rings. The first-order valence-corrected chi connectivity index (χ1v) is 4.51. The van der Waals surface area contributed by atoms with Crippen molar-refractivity contribution in [3.63, 3.8) is 0 Å². The van der Waals surface area contributed by atoms with Crippen molar-refractivity contribution in [3.8, 4) is 16.9 Å². The van der Waals surface area contributed by atoms with E-state index in [9.17, 15) is 4.79 Å². The molecule has 76 valence electrons. The zero-order valence-corrected chi connectivity index (χ0v) is 8.27. The number of hydrogen-bond acceptors (Lipinski definition) is 3. The van der Waals surface area contributed by atoms with Crippen LogP contribution in [0.15, 0.2) is 41.0 Å². The monoisotopic (exact) mass is 202 g/mol. The molecule has 0 fully saturated rings. The third-order valence-corrected chi connectivity index (χ3v) is 2.16. The summed E-state index contributed by atoms with van der Waals surface area (Å²) in [5, 5.41) is 0. The molecule has 1 aromatic carbocycles. The summed E-state index contributed by atoms with van der Waals surface area (Å²) >= 11 is 0. The highest BCUT2D eigenvalue weighted by Crippen LogP contribution is 2.23. The molecule has 0 atom stereocenters. The van der Waals surface area contributed by atoms with Crippen molar-refractivity contribution in [2.75, 3.05) is 7.11 Å². The van der Waals surface area contributed by atoms with Crippen LogP contribution in [0, 0.1) is 0 Å². The van der Waals surface area contributed by atoms with Gasteiger partial charge in [0.05, 0.1) is 13.4 Å². The lowest BCUT2D eigenvalue weighted by molar-refractivity contribution is 0.110. The molecular formula is C12H10O3. The van der Waals surface area contributed by atoms with Gasteiger partial charge in [-0.2, -0.15) is 0 Å². The summed E-state index contributed by atoms with van der Waals surface area (Å²) in [5.41, 5.74) is 1.88. The number of hydrogen-bond donors (Lipinski definition) is 0. The number of carbonyl (C=O) groups excluding carboxylic acids is 1. The van der Waals surface area contributed by atoms with Gasteiger partial charge < -0.3 is 9.15 Å². The van der Waals surface area contributed by atoms with Crippen LogP contribution in [0.3, 0.4) is 0 Å². The average Bonchev–Trinajstić information content (AvgIpc) is 2.78. The van der Waals surface area contributed by atoms with Gasteiger partial charge in [0.25, 0.3) is 0 Å². The van der Waals surface area contributed by atoms with E-state index < -0.39 is 0 Å². The zero-order valence-electron chi connectivity index (χ0n) is 8.27. The number of methoxy groups -OCH3 is 1. The van der Waals surface area contributed by atoms with E-state index in [2.05, 4.69) is 0 Å². The topological polar surface area (TPSA) is 39.4 Å². The Morgan fingerprint density at radius 3 is 2.47 bits per heavy atom. The quantitative estimate of drug-likeness (QED) is 0.718. The molecule has 0 amide bonds. The molecule has 0 bridgehead atoms. The maximum Gasteiger partial charge on any atom is 0.185 e. The van der Waals surface area contributed by atoms with Crippen LogP contribution in [0.25, 0.3) is 11.1 Å². The molecule has 1 aromatic heterocycles. The van der Waals surface area contributed by atoms with Crippen molar-refractivity contribution in [2.45, 2.75) is 0 Å². The number of aldehydes is 1. The molecule has 1 heterocycles. The summed E-state index contributed by atoms with van der Waals surface area (Å²) in [5.74, 6) is 1.14. The van der Waals surface area contributed by atoms with Gasteiger partial charge in [-0.3, -0.25) is 4.79 Å². The SMILES string of the molecule is COc1ccc(-c2coc(C=O)c2)cc1. The van der Waals surface area contributed by atoms with Crippen molar-refractivity contribution >= 4 is 6.29 Å². The molecule has 0 spiro atoms. The van der Waals surface area contributed by atoms with Crippen LogP contribution in [-0.2, 0) is 0 Å². The minimum Gasteiger partial charge on any atom is -0.497 e. The van der Waals surface area contributed by atoms with Gasteiger partial charge in [0, 0.05) is 5.56 Å². The Hall–Kier alpha value is -2.03. The Bertz CT molecular complexity index is 454. The van der Waals surface area contributed by atoms with E-state index in [0.717, 1.165) is 16.9 Å². The molecule has 0 aliphatic carbocycles. The lowest BCUT2D eigenvalue weighted by Crippen LogP contribution is -1.81. The van der Waals surface area contributed by atoms with Gasteiger partial charge in [0.15, 0.2) is 12.0 Å². The van der Waals surface area contributed by atoms with Gasteiger partial charge in [-0.1, -0.05) is 12.1 Å². The number of furan rings is 1. The van der Waals surface area contributed by atoms with E-state index in [1.807, 2.05) is 24.3 Å². The molecular weight excluding hydrogens is 192 g/mol. The van der Waals surface area contributed by atoms with Crippen LogP contribution in [0.5, 0.6) is 5.75 Å². The number of ether oxygens (including phenoxy) is 1. The van der Waals surface area contributed by atoms with E-state index in [1.165, 1.54) is 0 Å². The van der Waals surface area contributed by atoms with Crippen LogP contribution < -0.4 is 4.74 Å². The third kappa shape index (κ3) is 1.91. The number of benzene rings is 1. The predicted molar refractivity (Wildman–Crippen MR) is 56.1 cm³/mol. The van der Waals surface area contributed by atoms with E-state index in [0.29, 0.717) is 12.0 Å². The molecule has 0 N–H and O–H groups in total. The van der Waals surface area contributed by atoms with Crippen LogP contribution in [0.2, 0.25) is 0 Å². The van der Waals surface area contributed by atoms with Crippen molar-refractivity contribution in [3.05, 3.63) is 42.4 Å². The summed E-state index contributed by atoms with van der Waals surface area (Å²) in [4.78, 5) is 10.4. The maximum atomic E-state index is 10.4. The molecule has 0 radical (unpaired) electrons. The Morgan fingerprint density at radius 1 is 1.20 bits per heavy atom. The molecule has 0 aliphatic heterocycles. The zero-order chi connectivity index (χ0) is 10.7. The smallest absolute Gasteiger partial charge is 0.185 e. The fourth-order valence-electron chi connectivity index (χ4n) is 1.35. The van der Waals surface area contributed by atoms with Gasteiger partial charge in [-0.25, -0.2) is 0 Å². The lowest BCUT2D eigenvalue weighted by Gasteiger charge is -2.00. The second kappa shape index (κ2) is 4.00. The first kappa shape index (κ1) is 9.52. The Kier molecular flexibility index (Phi) is 2.54. The third-order valence-electron chi connectivity index (χ3n) is 2.16. The first-order chi connectivity index (χ1) is 7.33. The second-order valence-corrected chi connectivity index (χ2v) is 3.08. The highest BCUT2D eigenvalue weighted by Gasteiger charge is 2.03. The fraction of sp³-hybridized carbons (Fsp3) is 0.0833. The molecule has 2 rings (SSSR count). The maximum absolute atomic E-state index is 10.4. The second-order valence-electron chi connectivity index (χ2n) is 3.08. The Labute approximate surface area is 87.3 Å². The summed E-state index contributed by atoms with van der Waals surface area (Å²) in [6.45, 7) is 0. The molecule has 0 unspecified atom stereocenters.